The molecule has 33 heavy (non-hydrogen) atoms. The number of nitrogens with one attached hydrogen (secondary N) is 2. The highest BCUT2D eigenvalue weighted by atomic mass is 32.2. The van der Waals surface area contributed by atoms with Gasteiger partial charge in [-0.15, -0.1) is 0 Å². The van der Waals surface area contributed by atoms with Gasteiger partial charge < -0.3 is 19.7 Å². The molecule has 10 nitrogen and oxygen atoms in total. The highest BCUT2D eigenvalue weighted by molar-refractivity contribution is 7.90. The normalized spacial score (nSPS) is 19.8. The third-order valence-corrected chi connectivity index (χ3v) is 7.29. The molecule has 0 bridgehead atoms. The van der Waals surface area contributed by atoms with Crippen molar-refractivity contribution in [2.45, 2.75) is 17.7 Å². The fourth-order valence-corrected chi connectivity index (χ4v) is 5.36. The van der Waals surface area contributed by atoms with E-state index in [2.05, 4.69) is 15.0 Å². The van der Waals surface area contributed by atoms with E-state index in [-0.39, 0.29) is 41.8 Å². The number of ether oxygens (including phenoxy) is 2. The molecular formula is C22H22N4O6S. The number of hydrogen-bond acceptors (Lipinski definition) is 7. The molecule has 172 valence electrons. The van der Waals surface area contributed by atoms with Gasteiger partial charge in [0.05, 0.1) is 4.90 Å². The van der Waals surface area contributed by atoms with Crippen molar-refractivity contribution in [1.82, 2.24) is 9.62 Å². The minimum Gasteiger partial charge on any atom is -0.454 e. The number of amides is 2. The van der Waals surface area contributed by atoms with E-state index in [1.165, 1.54) is 6.07 Å². The van der Waals surface area contributed by atoms with E-state index in [9.17, 15) is 18.0 Å². The smallest absolute Gasteiger partial charge is 0.263 e. The van der Waals surface area contributed by atoms with Gasteiger partial charge in [-0.2, -0.15) is 0 Å². The first-order valence-electron chi connectivity index (χ1n) is 10.6. The molecule has 3 aliphatic rings. The lowest BCUT2D eigenvalue weighted by Crippen LogP contribution is -2.42. The Bertz CT molecular complexity index is 1250. The van der Waals surface area contributed by atoms with Crippen LogP contribution < -0.4 is 19.5 Å². The standard InChI is InChI=1S/C22H22N4O6S/c27-20(12-23-21-16-3-1-2-4-19(16)33(29,30)25-21)26-9-7-14(8-10-26)22(28)24-15-5-6-17-18(11-15)32-13-31-17/h1-6,11,14H,7-10,12-13H2,(H,23,25)(H,24,28). The average Bonchev–Trinajstić information content (AvgIpc) is 3.39. The number of fused-ring (bicyclic) bond motifs is 2. The second-order valence-electron chi connectivity index (χ2n) is 7.98. The molecule has 0 spiro atoms. The maximum absolute atomic E-state index is 12.6. The van der Waals surface area contributed by atoms with Crippen molar-refractivity contribution in [3.05, 3.63) is 48.0 Å². The van der Waals surface area contributed by atoms with Crippen molar-refractivity contribution in [3.8, 4) is 11.5 Å². The molecular weight excluding hydrogens is 448 g/mol. The maximum Gasteiger partial charge on any atom is 0.263 e. The van der Waals surface area contributed by atoms with Crippen LogP contribution in [0.4, 0.5) is 5.69 Å². The number of nitrogens with zero attached hydrogens (tertiary/aromatic N) is 2. The van der Waals surface area contributed by atoms with Crippen LogP contribution in [-0.4, -0.2) is 57.4 Å². The van der Waals surface area contributed by atoms with Crippen molar-refractivity contribution < 1.29 is 27.5 Å². The molecule has 1 fully saturated rings. The molecule has 0 unspecified atom stereocenters. The van der Waals surface area contributed by atoms with Gasteiger partial charge in [-0.25, -0.2) is 8.42 Å². The van der Waals surface area contributed by atoms with Gasteiger partial charge in [0.25, 0.3) is 10.0 Å². The fourth-order valence-electron chi connectivity index (χ4n) is 4.11. The monoisotopic (exact) mass is 470 g/mol. The summed E-state index contributed by atoms with van der Waals surface area (Å²) in [7, 11) is -3.64. The van der Waals surface area contributed by atoms with E-state index >= 15 is 0 Å². The van der Waals surface area contributed by atoms with E-state index < -0.39 is 10.0 Å². The van der Waals surface area contributed by atoms with Gasteiger partial charge >= 0.3 is 0 Å². The van der Waals surface area contributed by atoms with Crippen molar-refractivity contribution in [2.24, 2.45) is 10.9 Å². The van der Waals surface area contributed by atoms with Crippen LogP contribution in [0.25, 0.3) is 0 Å². The lowest BCUT2D eigenvalue weighted by atomic mass is 9.95. The first kappa shape index (κ1) is 21.3. The Balaban J connectivity index is 1.15. The van der Waals surface area contributed by atoms with Crippen LogP contribution in [0.1, 0.15) is 18.4 Å². The number of likely N-dealkylation sites (tertiary alicyclic amines) is 1. The molecule has 0 atom stereocenters. The summed E-state index contributed by atoms with van der Waals surface area (Å²) in [6.45, 7) is 0.875. The quantitative estimate of drug-likeness (QED) is 0.694. The van der Waals surface area contributed by atoms with Crippen LogP contribution in [0.15, 0.2) is 52.4 Å². The zero-order valence-electron chi connectivity index (χ0n) is 17.6. The number of amidine groups is 1. The first-order chi connectivity index (χ1) is 15.9. The summed E-state index contributed by atoms with van der Waals surface area (Å²) in [5.41, 5.74) is 1.10. The summed E-state index contributed by atoms with van der Waals surface area (Å²) < 4.78 is 37.3. The van der Waals surface area contributed by atoms with Crippen LogP contribution in [-0.2, 0) is 19.6 Å². The number of sulfonamides is 1. The van der Waals surface area contributed by atoms with E-state index in [0.717, 1.165) is 0 Å². The SMILES string of the molecule is O=C(Nc1ccc2c(c1)OCO2)C1CCN(C(=O)CN=C2NS(=O)(=O)c3ccccc32)CC1. The van der Waals surface area contributed by atoms with Crippen LogP contribution in [0.5, 0.6) is 11.5 Å². The van der Waals surface area contributed by atoms with Gasteiger partial charge in [0.2, 0.25) is 18.6 Å². The number of carbonyl (C=O) groups excluding carboxylic acids is 2. The highest BCUT2D eigenvalue weighted by Gasteiger charge is 2.31. The number of carbonyl (C=O) groups is 2. The van der Waals surface area contributed by atoms with Crippen LogP contribution in [0.3, 0.4) is 0 Å². The Morgan fingerprint density at radius 1 is 1.09 bits per heavy atom. The lowest BCUT2D eigenvalue weighted by molar-refractivity contribution is -0.133. The predicted molar refractivity (Wildman–Crippen MR) is 119 cm³/mol. The van der Waals surface area contributed by atoms with E-state index in [0.29, 0.717) is 48.7 Å². The Labute approximate surface area is 190 Å². The van der Waals surface area contributed by atoms with Crippen LogP contribution in [0.2, 0.25) is 0 Å². The topological polar surface area (TPSA) is 126 Å². The summed E-state index contributed by atoms with van der Waals surface area (Å²) in [6.07, 6.45) is 1.07. The summed E-state index contributed by atoms with van der Waals surface area (Å²) >= 11 is 0. The third-order valence-electron chi connectivity index (χ3n) is 5.89. The molecule has 2 aromatic carbocycles. The zero-order chi connectivity index (χ0) is 23.0. The number of anilines is 1. The van der Waals surface area contributed by atoms with Crippen LogP contribution in [0, 0.1) is 5.92 Å². The van der Waals surface area contributed by atoms with Gasteiger partial charge in [-0.3, -0.25) is 19.3 Å². The number of aliphatic imine (C=N–C) groups is 1. The summed E-state index contributed by atoms with van der Waals surface area (Å²) in [5, 5.41) is 2.90. The minimum absolute atomic E-state index is 0.0989. The second-order valence-corrected chi connectivity index (χ2v) is 9.63. The predicted octanol–water partition coefficient (Wildman–Crippen LogP) is 1.33. The molecule has 2 amide bonds. The van der Waals surface area contributed by atoms with Gasteiger partial charge in [0.15, 0.2) is 11.5 Å². The van der Waals surface area contributed by atoms with Crippen molar-refractivity contribution >= 4 is 33.4 Å². The summed E-state index contributed by atoms with van der Waals surface area (Å²) in [6, 6.07) is 11.8. The third kappa shape index (κ3) is 4.23. The zero-order valence-corrected chi connectivity index (χ0v) is 18.4. The Morgan fingerprint density at radius 3 is 2.67 bits per heavy atom. The van der Waals surface area contributed by atoms with Crippen molar-refractivity contribution in [2.75, 3.05) is 31.7 Å². The molecule has 0 saturated carbocycles. The molecule has 11 heteroatoms. The number of benzene rings is 2. The first-order valence-corrected chi connectivity index (χ1v) is 12.0. The molecule has 3 heterocycles. The second kappa shape index (κ2) is 8.39. The number of rotatable bonds is 4. The number of hydrogen-bond donors (Lipinski definition) is 2. The molecule has 2 N–H and O–H groups in total. The lowest BCUT2D eigenvalue weighted by Gasteiger charge is -2.31. The Kier molecular flexibility index (Phi) is 5.41. The largest absolute Gasteiger partial charge is 0.454 e. The molecule has 3 aliphatic heterocycles. The van der Waals surface area contributed by atoms with Gasteiger partial charge in [-0.05, 0) is 37.1 Å². The minimum atomic E-state index is -3.64. The van der Waals surface area contributed by atoms with E-state index in [1.54, 1.807) is 41.3 Å². The van der Waals surface area contributed by atoms with Gasteiger partial charge in [0, 0.05) is 36.3 Å². The molecule has 2 aromatic rings. The molecule has 0 aromatic heterocycles. The number of piperidine rings is 1. The van der Waals surface area contributed by atoms with Crippen LogP contribution >= 0.6 is 0 Å². The van der Waals surface area contributed by atoms with Crippen molar-refractivity contribution in [3.63, 3.8) is 0 Å². The maximum atomic E-state index is 12.6. The Morgan fingerprint density at radius 2 is 1.85 bits per heavy atom. The molecule has 5 rings (SSSR count). The summed E-state index contributed by atoms with van der Waals surface area (Å²) in [4.78, 5) is 31.3. The highest BCUT2D eigenvalue weighted by Crippen LogP contribution is 2.34. The average molecular weight is 471 g/mol. The van der Waals surface area contributed by atoms with Gasteiger partial charge in [0.1, 0.15) is 12.4 Å². The fraction of sp³-hybridized carbons (Fsp3) is 0.318. The van der Waals surface area contributed by atoms with Crippen molar-refractivity contribution in [1.29, 1.82) is 0 Å². The Hall–Kier alpha value is -3.60. The molecule has 0 radical (unpaired) electrons. The summed E-state index contributed by atoms with van der Waals surface area (Å²) in [5.74, 6) is 0.912. The van der Waals surface area contributed by atoms with E-state index in [4.69, 9.17) is 9.47 Å². The molecule has 0 aliphatic carbocycles. The van der Waals surface area contributed by atoms with E-state index in [1.807, 2.05) is 0 Å². The molecule has 1 saturated heterocycles. The van der Waals surface area contributed by atoms with Gasteiger partial charge in [-0.1, -0.05) is 12.1 Å².